The Morgan fingerprint density at radius 2 is 1.92 bits per heavy atom. The number of carbonyl (C=O) groups is 1. The standard InChI is InChI=1S/C25H30N2O4.C3H7N.C2H6/c1-3-24-9-10-25(30-13-14-31-25)16-19(24)8-12-29-22-15-18(6-7-20(22)24)23(28)27-21-5-4-11-26-17(21)2;1-3-4-2;1-2/h4-7,11,15,19H,3,8-10,12-14,16H2,1-2H3,(H,27,28);3H,1-2H3;1-2H3. The second-order valence-electron chi connectivity index (χ2n) is 9.47. The second-order valence-corrected chi connectivity index (χ2v) is 9.47. The van der Waals surface area contributed by atoms with Gasteiger partial charge >= 0.3 is 0 Å². The molecular formula is C30H43N3O4. The summed E-state index contributed by atoms with van der Waals surface area (Å²) in [5.41, 5.74) is 3.37. The van der Waals surface area contributed by atoms with Crippen molar-refractivity contribution in [1.29, 1.82) is 0 Å². The molecule has 3 heterocycles. The predicted octanol–water partition coefficient (Wildman–Crippen LogP) is 6.35. The molecule has 1 aliphatic carbocycles. The van der Waals surface area contributed by atoms with Gasteiger partial charge < -0.3 is 24.5 Å². The molecule has 7 nitrogen and oxygen atoms in total. The van der Waals surface area contributed by atoms with Crippen LogP contribution in [0.15, 0.2) is 41.5 Å². The molecule has 1 spiro atoms. The number of ether oxygens (including phenoxy) is 3. The van der Waals surface area contributed by atoms with E-state index in [9.17, 15) is 4.79 Å². The van der Waals surface area contributed by atoms with Crippen LogP contribution in [-0.2, 0) is 14.9 Å². The van der Waals surface area contributed by atoms with Crippen LogP contribution >= 0.6 is 0 Å². The number of benzene rings is 1. The van der Waals surface area contributed by atoms with Crippen LogP contribution in [0.25, 0.3) is 0 Å². The van der Waals surface area contributed by atoms with Crippen molar-refractivity contribution in [2.45, 2.75) is 77.9 Å². The minimum absolute atomic E-state index is 0.0291. The number of aromatic nitrogens is 1. The molecule has 1 aromatic carbocycles. The van der Waals surface area contributed by atoms with Crippen LogP contribution < -0.4 is 10.1 Å². The molecule has 2 atom stereocenters. The summed E-state index contributed by atoms with van der Waals surface area (Å²) in [5.74, 6) is 0.714. The first kappa shape index (κ1) is 28.8. The Labute approximate surface area is 222 Å². The Kier molecular flexibility index (Phi) is 10.2. The summed E-state index contributed by atoms with van der Waals surface area (Å²) < 4.78 is 18.3. The van der Waals surface area contributed by atoms with Crippen LogP contribution in [0, 0.1) is 12.8 Å². The van der Waals surface area contributed by atoms with Gasteiger partial charge in [0.1, 0.15) is 5.75 Å². The van der Waals surface area contributed by atoms with Gasteiger partial charge in [0.2, 0.25) is 0 Å². The van der Waals surface area contributed by atoms with E-state index in [1.54, 1.807) is 19.5 Å². The third-order valence-corrected chi connectivity index (χ3v) is 7.75. The van der Waals surface area contributed by atoms with E-state index in [2.05, 4.69) is 28.3 Å². The van der Waals surface area contributed by atoms with Crippen molar-refractivity contribution in [3.8, 4) is 5.75 Å². The van der Waals surface area contributed by atoms with E-state index in [0.29, 0.717) is 31.3 Å². The van der Waals surface area contributed by atoms with Gasteiger partial charge in [-0.25, -0.2) is 0 Å². The van der Waals surface area contributed by atoms with Crippen LogP contribution in [0.4, 0.5) is 5.69 Å². The maximum Gasteiger partial charge on any atom is 0.255 e. The molecular weight excluding hydrogens is 466 g/mol. The highest BCUT2D eigenvalue weighted by molar-refractivity contribution is 6.04. The number of pyridine rings is 1. The number of fused-ring (bicyclic) bond motifs is 3. The van der Waals surface area contributed by atoms with Crippen LogP contribution in [-0.4, -0.2) is 49.8 Å². The van der Waals surface area contributed by atoms with Gasteiger partial charge in [-0.2, -0.15) is 0 Å². The fourth-order valence-electron chi connectivity index (χ4n) is 5.75. The molecule has 1 saturated carbocycles. The van der Waals surface area contributed by atoms with Gasteiger partial charge in [0, 0.05) is 42.6 Å². The molecule has 1 amide bonds. The Balaban J connectivity index is 0.000000580. The molecule has 37 heavy (non-hydrogen) atoms. The van der Waals surface area contributed by atoms with Gasteiger partial charge in [0.05, 0.1) is 31.2 Å². The van der Waals surface area contributed by atoms with E-state index < -0.39 is 5.79 Å². The van der Waals surface area contributed by atoms with Crippen LogP contribution in [0.1, 0.15) is 81.4 Å². The number of aryl methyl sites for hydroxylation is 1. The lowest BCUT2D eigenvalue weighted by Gasteiger charge is -2.49. The van der Waals surface area contributed by atoms with Gasteiger partial charge in [-0.3, -0.25) is 9.78 Å². The number of hydrogen-bond acceptors (Lipinski definition) is 6. The first-order valence-electron chi connectivity index (χ1n) is 13.6. The van der Waals surface area contributed by atoms with Crippen molar-refractivity contribution in [2.75, 3.05) is 32.2 Å². The summed E-state index contributed by atoms with van der Waals surface area (Å²) in [6.07, 6.45) is 8.28. The monoisotopic (exact) mass is 509 g/mol. The van der Waals surface area contributed by atoms with Crippen molar-refractivity contribution in [2.24, 2.45) is 10.9 Å². The van der Waals surface area contributed by atoms with Crippen LogP contribution in [0.2, 0.25) is 0 Å². The molecule has 2 unspecified atom stereocenters. The smallest absolute Gasteiger partial charge is 0.255 e. The third-order valence-electron chi connectivity index (χ3n) is 7.75. The molecule has 1 aromatic heterocycles. The van der Waals surface area contributed by atoms with Gasteiger partial charge in [0.15, 0.2) is 5.79 Å². The first-order chi connectivity index (χ1) is 18.0. The summed E-state index contributed by atoms with van der Waals surface area (Å²) in [6, 6.07) is 9.62. The number of amides is 1. The highest BCUT2D eigenvalue weighted by Gasteiger charge is 2.53. The number of anilines is 1. The number of carbonyl (C=O) groups excluding carboxylic acids is 1. The fraction of sp³-hybridized carbons (Fsp3) is 0.567. The SMILES string of the molecule is CC.CC=NC.CCC12CCC3(CC1CCOc1cc(C(=O)Nc4cccnc4C)ccc12)OCCO3. The molecule has 1 saturated heterocycles. The zero-order chi connectivity index (χ0) is 26.9. The summed E-state index contributed by atoms with van der Waals surface area (Å²) in [6.45, 7) is 12.1. The van der Waals surface area contributed by atoms with Crippen molar-refractivity contribution >= 4 is 17.8 Å². The second kappa shape index (κ2) is 13.2. The molecule has 0 radical (unpaired) electrons. The Morgan fingerprint density at radius 1 is 1.19 bits per heavy atom. The van der Waals surface area contributed by atoms with Crippen LogP contribution in [0.5, 0.6) is 5.75 Å². The molecule has 7 heteroatoms. The first-order valence-corrected chi connectivity index (χ1v) is 13.6. The summed E-state index contributed by atoms with van der Waals surface area (Å²) >= 11 is 0. The van der Waals surface area contributed by atoms with E-state index in [1.807, 2.05) is 52.0 Å². The fourth-order valence-corrected chi connectivity index (χ4v) is 5.75. The minimum Gasteiger partial charge on any atom is -0.493 e. The number of aliphatic imine (C=N–C) groups is 1. The average molecular weight is 510 g/mol. The van der Waals surface area contributed by atoms with E-state index in [0.717, 1.165) is 49.2 Å². The topological polar surface area (TPSA) is 82.0 Å². The van der Waals surface area contributed by atoms with E-state index in [1.165, 1.54) is 5.56 Å². The van der Waals surface area contributed by atoms with Crippen molar-refractivity contribution in [3.63, 3.8) is 0 Å². The van der Waals surface area contributed by atoms with Crippen LogP contribution in [0.3, 0.4) is 0 Å². The molecule has 5 rings (SSSR count). The van der Waals surface area contributed by atoms with Gasteiger partial charge in [-0.05, 0) is 69.5 Å². The van der Waals surface area contributed by atoms with Crippen molar-refractivity contribution in [1.82, 2.24) is 4.98 Å². The average Bonchev–Trinajstić information content (AvgIpc) is 3.32. The minimum atomic E-state index is -0.407. The van der Waals surface area contributed by atoms with E-state index >= 15 is 0 Å². The summed E-state index contributed by atoms with van der Waals surface area (Å²) in [5, 5.41) is 2.97. The predicted molar refractivity (Wildman–Crippen MR) is 149 cm³/mol. The zero-order valence-corrected chi connectivity index (χ0v) is 23.3. The maximum atomic E-state index is 12.9. The molecule has 1 N–H and O–H groups in total. The number of nitrogens with one attached hydrogen (secondary N) is 1. The quantitative estimate of drug-likeness (QED) is 0.488. The Bertz CT molecular complexity index is 1060. The summed E-state index contributed by atoms with van der Waals surface area (Å²) in [4.78, 5) is 20.8. The van der Waals surface area contributed by atoms with E-state index in [4.69, 9.17) is 14.2 Å². The van der Waals surface area contributed by atoms with Crippen molar-refractivity contribution in [3.05, 3.63) is 53.3 Å². The molecule has 2 fully saturated rings. The van der Waals surface area contributed by atoms with E-state index in [-0.39, 0.29) is 11.3 Å². The molecule has 2 aromatic rings. The van der Waals surface area contributed by atoms with Gasteiger partial charge in [-0.1, -0.05) is 26.8 Å². The summed E-state index contributed by atoms with van der Waals surface area (Å²) in [7, 11) is 1.75. The molecule has 202 valence electrons. The largest absolute Gasteiger partial charge is 0.493 e. The normalized spacial score (nSPS) is 23.4. The third kappa shape index (κ3) is 6.21. The van der Waals surface area contributed by atoms with Crippen molar-refractivity contribution < 1.29 is 19.0 Å². The number of rotatable bonds is 3. The highest BCUT2D eigenvalue weighted by atomic mass is 16.7. The molecule has 3 aliphatic rings. The Hall–Kier alpha value is -2.77. The number of hydrogen-bond donors (Lipinski definition) is 1. The maximum absolute atomic E-state index is 12.9. The lowest BCUT2D eigenvalue weighted by Crippen LogP contribution is -2.48. The lowest BCUT2D eigenvalue weighted by atomic mass is 9.59. The van der Waals surface area contributed by atoms with Gasteiger partial charge in [0.25, 0.3) is 5.91 Å². The number of nitrogens with zero attached hydrogens (tertiary/aromatic N) is 2. The highest BCUT2D eigenvalue weighted by Crippen LogP contribution is 2.55. The zero-order valence-electron chi connectivity index (χ0n) is 23.3. The molecule has 0 bridgehead atoms. The lowest BCUT2D eigenvalue weighted by molar-refractivity contribution is -0.199. The molecule has 2 aliphatic heterocycles. The van der Waals surface area contributed by atoms with Gasteiger partial charge in [-0.15, -0.1) is 0 Å². The Morgan fingerprint density at radius 3 is 2.57 bits per heavy atom.